The molecule has 0 saturated carbocycles. The number of hydrogen-bond acceptors (Lipinski definition) is 3. The molecular formula is C14H21NO3. The molecule has 1 rings (SSSR count). The molecule has 100 valence electrons. The molecule has 4 heteroatoms. The van der Waals surface area contributed by atoms with E-state index in [0.29, 0.717) is 13.1 Å². The fourth-order valence-electron chi connectivity index (χ4n) is 1.64. The molecule has 0 aliphatic carbocycles. The molecule has 0 aliphatic rings. The van der Waals surface area contributed by atoms with Crippen LogP contribution < -0.4 is 5.32 Å². The fraction of sp³-hybridized carbons (Fsp3) is 0.500. The van der Waals surface area contributed by atoms with E-state index in [1.54, 1.807) is 12.1 Å². The van der Waals surface area contributed by atoms with Crippen LogP contribution in [-0.4, -0.2) is 35.4 Å². The standard InChI is InChI=1S/C14H21NO3/c1-10(2)13(16)9-15-8-12(14(17)18)11-6-4-3-5-7-11/h3-7,10,12-13,15-16H,8-9H2,1-2H3,(H,17,18). The van der Waals surface area contributed by atoms with Gasteiger partial charge >= 0.3 is 5.97 Å². The lowest BCUT2D eigenvalue weighted by Crippen LogP contribution is -2.35. The van der Waals surface area contributed by atoms with Gasteiger partial charge in [0.15, 0.2) is 0 Å². The van der Waals surface area contributed by atoms with Crippen LogP contribution in [0, 0.1) is 5.92 Å². The van der Waals surface area contributed by atoms with Crippen molar-refractivity contribution in [3.63, 3.8) is 0 Å². The van der Waals surface area contributed by atoms with Gasteiger partial charge in [-0.1, -0.05) is 44.2 Å². The number of benzene rings is 1. The van der Waals surface area contributed by atoms with Gasteiger partial charge in [-0.15, -0.1) is 0 Å². The first kappa shape index (κ1) is 14.7. The molecule has 0 saturated heterocycles. The van der Waals surface area contributed by atoms with E-state index in [1.165, 1.54) is 0 Å². The van der Waals surface area contributed by atoms with Crippen LogP contribution in [-0.2, 0) is 4.79 Å². The summed E-state index contributed by atoms with van der Waals surface area (Å²) in [6.07, 6.45) is -0.449. The van der Waals surface area contributed by atoms with E-state index >= 15 is 0 Å². The Kier molecular flexibility index (Phi) is 5.82. The van der Waals surface area contributed by atoms with E-state index < -0.39 is 18.0 Å². The maximum absolute atomic E-state index is 11.2. The zero-order valence-corrected chi connectivity index (χ0v) is 10.8. The van der Waals surface area contributed by atoms with Crippen molar-refractivity contribution in [2.24, 2.45) is 5.92 Å². The predicted octanol–water partition coefficient (Wildman–Crippen LogP) is 1.46. The minimum absolute atomic E-state index is 0.164. The van der Waals surface area contributed by atoms with Crippen LogP contribution in [0.2, 0.25) is 0 Å². The van der Waals surface area contributed by atoms with Gasteiger partial charge < -0.3 is 15.5 Å². The molecule has 0 aliphatic heterocycles. The number of aliphatic hydroxyl groups excluding tert-OH is 1. The number of rotatable bonds is 7. The summed E-state index contributed by atoms with van der Waals surface area (Å²) in [5, 5.41) is 21.9. The summed E-state index contributed by atoms with van der Waals surface area (Å²) in [4.78, 5) is 11.2. The van der Waals surface area contributed by atoms with Crippen LogP contribution in [0.1, 0.15) is 25.3 Å². The highest BCUT2D eigenvalue weighted by Gasteiger charge is 2.19. The van der Waals surface area contributed by atoms with Crippen molar-refractivity contribution < 1.29 is 15.0 Å². The molecule has 18 heavy (non-hydrogen) atoms. The average molecular weight is 251 g/mol. The third kappa shape index (κ3) is 4.47. The van der Waals surface area contributed by atoms with Gasteiger partial charge in [-0.25, -0.2) is 0 Å². The number of carbonyl (C=O) groups is 1. The lowest BCUT2D eigenvalue weighted by atomic mass is 9.99. The SMILES string of the molecule is CC(C)C(O)CNCC(C(=O)O)c1ccccc1. The Morgan fingerprint density at radius 3 is 2.33 bits per heavy atom. The Morgan fingerprint density at radius 1 is 1.22 bits per heavy atom. The first-order chi connectivity index (χ1) is 8.52. The Labute approximate surface area is 108 Å². The molecule has 1 aromatic carbocycles. The normalized spacial score (nSPS) is 14.4. The summed E-state index contributed by atoms with van der Waals surface area (Å²) in [7, 11) is 0. The molecule has 0 radical (unpaired) electrons. The summed E-state index contributed by atoms with van der Waals surface area (Å²) in [5.41, 5.74) is 0.775. The molecule has 0 heterocycles. The molecule has 0 bridgehead atoms. The van der Waals surface area contributed by atoms with Crippen molar-refractivity contribution in [3.8, 4) is 0 Å². The van der Waals surface area contributed by atoms with Crippen LogP contribution in [0.15, 0.2) is 30.3 Å². The molecule has 0 amide bonds. The van der Waals surface area contributed by atoms with Gasteiger partial charge in [-0.05, 0) is 11.5 Å². The molecule has 0 aromatic heterocycles. The van der Waals surface area contributed by atoms with Crippen LogP contribution in [0.5, 0.6) is 0 Å². The third-order valence-electron chi connectivity index (χ3n) is 2.97. The van der Waals surface area contributed by atoms with Crippen molar-refractivity contribution in [1.82, 2.24) is 5.32 Å². The summed E-state index contributed by atoms with van der Waals surface area (Å²) in [6.45, 7) is 4.59. The van der Waals surface area contributed by atoms with Crippen molar-refractivity contribution in [2.75, 3.05) is 13.1 Å². The van der Waals surface area contributed by atoms with E-state index in [9.17, 15) is 15.0 Å². The van der Waals surface area contributed by atoms with Gasteiger partial charge in [0.2, 0.25) is 0 Å². The van der Waals surface area contributed by atoms with Crippen LogP contribution in [0.4, 0.5) is 0 Å². The molecule has 3 N–H and O–H groups in total. The summed E-state index contributed by atoms with van der Waals surface area (Å²) in [6, 6.07) is 9.12. The Hall–Kier alpha value is -1.39. The number of carboxylic acids is 1. The zero-order chi connectivity index (χ0) is 13.5. The number of aliphatic carboxylic acids is 1. The summed E-state index contributed by atoms with van der Waals surface area (Å²) in [5.74, 6) is -1.27. The topological polar surface area (TPSA) is 69.6 Å². The van der Waals surface area contributed by atoms with Crippen molar-refractivity contribution in [2.45, 2.75) is 25.9 Å². The first-order valence-electron chi connectivity index (χ1n) is 6.19. The maximum Gasteiger partial charge on any atom is 0.312 e. The molecule has 1 aromatic rings. The third-order valence-corrected chi connectivity index (χ3v) is 2.97. The van der Waals surface area contributed by atoms with Gasteiger partial charge in [-0.2, -0.15) is 0 Å². The average Bonchev–Trinajstić information content (AvgIpc) is 2.34. The van der Waals surface area contributed by atoms with Crippen molar-refractivity contribution in [3.05, 3.63) is 35.9 Å². The van der Waals surface area contributed by atoms with E-state index in [1.807, 2.05) is 32.0 Å². The number of aliphatic hydroxyl groups is 1. The van der Waals surface area contributed by atoms with E-state index in [-0.39, 0.29) is 5.92 Å². The van der Waals surface area contributed by atoms with E-state index in [2.05, 4.69) is 5.32 Å². The quantitative estimate of drug-likeness (QED) is 0.686. The summed E-state index contributed by atoms with van der Waals surface area (Å²) < 4.78 is 0. The second-order valence-electron chi connectivity index (χ2n) is 4.77. The summed E-state index contributed by atoms with van der Waals surface area (Å²) >= 11 is 0. The minimum Gasteiger partial charge on any atom is -0.481 e. The molecule has 4 nitrogen and oxygen atoms in total. The maximum atomic E-state index is 11.2. The van der Waals surface area contributed by atoms with Gasteiger partial charge in [0.05, 0.1) is 12.0 Å². The second-order valence-corrected chi connectivity index (χ2v) is 4.77. The van der Waals surface area contributed by atoms with Crippen LogP contribution >= 0.6 is 0 Å². The zero-order valence-electron chi connectivity index (χ0n) is 10.8. The Morgan fingerprint density at radius 2 is 1.83 bits per heavy atom. The number of nitrogens with one attached hydrogen (secondary N) is 1. The Bertz CT molecular complexity index is 365. The molecule has 0 spiro atoms. The monoisotopic (exact) mass is 251 g/mol. The molecule has 2 atom stereocenters. The lowest BCUT2D eigenvalue weighted by molar-refractivity contribution is -0.138. The van der Waals surface area contributed by atoms with Gasteiger partial charge in [-0.3, -0.25) is 4.79 Å². The van der Waals surface area contributed by atoms with Crippen molar-refractivity contribution >= 4 is 5.97 Å². The molecule has 0 fully saturated rings. The number of hydrogen-bond donors (Lipinski definition) is 3. The number of carboxylic acid groups (broad SMARTS) is 1. The molecular weight excluding hydrogens is 230 g/mol. The van der Waals surface area contributed by atoms with Gasteiger partial charge in [0.1, 0.15) is 0 Å². The minimum atomic E-state index is -0.854. The highest BCUT2D eigenvalue weighted by molar-refractivity contribution is 5.76. The van der Waals surface area contributed by atoms with E-state index in [4.69, 9.17) is 0 Å². The predicted molar refractivity (Wildman–Crippen MR) is 70.5 cm³/mol. The Balaban J connectivity index is 2.53. The van der Waals surface area contributed by atoms with Gasteiger partial charge in [0.25, 0.3) is 0 Å². The largest absolute Gasteiger partial charge is 0.481 e. The van der Waals surface area contributed by atoms with Crippen LogP contribution in [0.3, 0.4) is 0 Å². The van der Waals surface area contributed by atoms with Gasteiger partial charge in [0, 0.05) is 13.1 Å². The second kappa shape index (κ2) is 7.13. The molecule has 2 unspecified atom stereocenters. The van der Waals surface area contributed by atoms with Crippen LogP contribution in [0.25, 0.3) is 0 Å². The highest BCUT2D eigenvalue weighted by atomic mass is 16.4. The van der Waals surface area contributed by atoms with E-state index in [0.717, 1.165) is 5.56 Å². The van der Waals surface area contributed by atoms with Crippen molar-refractivity contribution in [1.29, 1.82) is 0 Å². The smallest absolute Gasteiger partial charge is 0.312 e. The first-order valence-corrected chi connectivity index (χ1v) is 6.19. The lowest BCUT2D eigenvalue weighted by Gasteiger charge is -2.18. The fourth-order valence-corrected chi connectivity index (χ4v) is 1.64. The highest BCUT2D eigenvalue weighted by Crippen LogP contribution is 2.14.